The highest BCUT2D eigenvalue weighted by Gasteiger charge is 2.15. The van der Waals surface area contributed by atoms with Crippen LogP contribution in [0.1, 0.15) is 12.5 Å². The van der Waals surface area contributed by atoms with E-state index in [0.717, 1.165) is 5.56 Å². The molecule has 0 aliphatic rings. The molecule has 2 N–H and O–H groups in total. The fraction of sp³-hybridized carbons (Fsp3) is 0.176. The monoisotopic (exact) mass is 332 g/mol. The van der Waals surface area contributed by atoms with Crippen molar-refractivity contribution in [2.24, 2.45) is 0 Å². The maximum absolute atomic E-state index is 12.0. The molecule has 2 rings (SSSR count). The second-order valence-electron chi connectivity index (χ2n) is 4.82. The van der Waals surface area contributed by atoms with Crippen molar-refractivity contribution in [3.05, 3.63) is 53.1 Å². The molecular weight excluding hydrogens is 316 g/mol. The molecule has 0 aromatic heterocycles. The molecule has 0 spiro atoms. The molecule has 0 unspecified atom stereocenters. The van der Waals surface area contributed by atoms with Crippen LogP contribution in [0.3, 0.4) is 0 Å². The summed E-state index contributed by atoms with van der Waals surface area (Å²) >= 11 is 5.89. The minimum atomic E-state index is -0.760. The third-order valence-electron chi connectivity index (χ3n) is 3.08. The van der Waals surface area contributed by atoms with E-state index in [1.165, 1.54) is 0 Å². The smallest absolute Gasteiger partial charge is 0.314 e. The van der Waals surface area contributed by atoms with Crippen molar-refractivity contribution >= 4 is 34.8 Å². The lowest BCUT2D eigenvalue weighted by molar-refractivity contribution is -0.133. The Balaban J connectivity index is 1.99. The molecule has 2 aromatic carbocycles. The summed E-state index contributed by atoms with van der Waals surface area (Å²) in [7, 11) is 0. The summed E-state index contributed by atoms with van der Waals surface area (Å²) in [5.74, 6) is -0.817. The molecule has 0 aliphatic carbocycles. The van der Waals surface area contributed by atoms with E-state index in [4.69, 9.17) is 16.3 Å². The van der Waals surface area contributed by atoms with Crippen molar-refractivity contribution in [2.45, 2.75) is 13.8 Å². The van der Waals surface area contributed by atoms with Crippen molar-refractivity contribution in [2.75, 3.05) is 17.2 Å². The molecule has 0 heterocycles. The summed E-state index contributed by atoms with van der Waals surface area (Å²) in [5.41, 5.74) is 1.83. The van der Waals surface area contributed by atoms with Gasteiger partial charge in [-0.3, -0.25) is 9.59 Å². The molecule has 2 amide bonds. The number of ether oxygens (including phenoxy) is 1. The number of carbonyl (C=O) groups excluding carboxylic acids is 2. The van der Waals surface area contributed by atoms with Crippen molar-refractivity contribution in [1.29, 1.82) is 0 Å². The number of hydrogen-bond donors (Lipinski definition) is 2. The number of rotatable bonds is 4. The number of carbonyl (C=O) groups is 2. The highest BCUT2D eigenvalue weighted by atomic mass is 35.5. The fourth-order valence-electron chi connectivity index (χ4n) is 1.90. The van der Waals surface area contributed by atoms with Gasteiger partial charge in [0.2, 0.25) is 0 Å². The standard InChI is InChI=1S/C17H17ClN2O3/c1-3-23-14-8-6-13(7-9-14)19-16(21)17(22)20-15-10-12(18)5-4-11(15)2/h4-10H,3H2,1-2H3,(H,19,21)(H,20,22). The number of nitrogens with one attached hydrogen (secondary N) is 2. The molecule has 23 heavy (non-hydrogen) atoms. The molecule has 2 aromatic rings. The number of amides is 2. The molecule has 6 heteroatoms. The zero-order valence-electron chi connectivity index (χ0n) is 12.9. The van der Waals surface area contributed by atoms with Crippen molar-refractivity contribution in [1.82, 2.24) is 0 Å². The summed E-state index contributed by atoms with van der Waals surface area (Å²) in [6.45, 7) is 4.27. The Morgan fingerprint density at radius 2 is 1.70 bits per heavy atom. The second-order valence-corrected chi connectivity index (χ2v) is 5.26. The van der Waals surface area contributed by atoms with Crippen LogP contribution >= 0.6 is 11.6 Å². The van der Waals surface area contributed by atoms with Gasteiger partial charge in [0.25, 0.3) is 0 Å². The first-order chi connectivity index (χ1) is 11.0. The van der Waals surface area contributed by atoms with Crippen LogP contribution in [0, 0.1) is 6.92 Å². The predicted octanol–water partition coefficient (Wildman–Crippen LogP) is 3.62. The Morgan fingerprint density at radius 3 is 2.35 bits per heavy atom. The van der Waals surface area contributed by atoms with Gasteiger partial charge in [-0.15, -0.1) is 0 Å². The zero-order chi connectivity index (χ0) is 16.8. The minimum Gasteiger partial charge on any atom is -0.494 e. The molecule has 0 saturated heterocycles. The fourth-order valence-corrected chi connectivity index (χ4v) is 2.07. The van der Waals surface area contributed by atoms with Crippen LogP contribution in [0.5, 0.6) is 5.75 Å². The van der Waals surface area contributed by atoms with Crippen LogP contribution in [0.2, 0.25) is 5.02 Å². The minimum absolute atomic E-state index is 0.484. The summed E-state index contributed by atoms with van der Waals surface area (Å²) in [4.78, 5) is 23.9. The van der Waals surface area contributed by atoms with Gasteiger partial charge in [-0.1, -0.05) is 17.7 Å². The van der Waals surface area contributed by atoms with Crippen LogP contribution in [-0.2, 0) is 9.59 Å². The van der Waals surface area contributed by atoms with Gasteiger partial charge in [0.15, 0.2) is 0 Å². The maximum atomic E-state index is 12.0. The van der Waals surface area contributed by atoms with Gasteiger partial charge in [0.1, 0.15) is 5.75 Å². The molecule has 0 atom stereocenters. The molecule has 0 bridgehead atoms. The molecule has 5 nitrogen and oxygen atoms in total. The Bertz CT molecular complexity index is 714. The maximum Gasteiger partial charge on any atom is 0.314 e. The summed E-state index contributed by atoms with van der Waals surface area (Å²) < 4.78 is 5.31. The topological polar surface area (TPSA) is 67.4 Å². The van der Waals surface area contributed by atoms with E-state index in [-0.39, 0.29) is 0 Å². The Hall–Kier alpha value is -2.53. The van der Waals surface area contributed by atoms with Gasteiger partial charge >= 0.3 is 11.8 Å². The molecule has 0 aliphatic heterocycles. The number of benzene rings is 2. The highest BCUT2D eigenvalue weighted by molar-refractivity contribution is 6.43. The lowest BCUT2D eigenvalue weighted by Gasteiger charge is -2.09. The van der Waals surface area contributed by atoms with Crippen LogP contribution in [0.15, 0.2) is 42.5 Å². The summed E-state index contributed by atoms with van der Waals surface area (Å²) in [6.07, 6.45) is 0. The number of anilines is 2. The summed E-state index contributed by atoms with van der Waals surface area (Å²) in [5, 5.41) is 5.55. The van der Waals surface area contributed by atoms with E-state index in [0.29, 0.717) is 28.8 Å². The van der Waals surface area contributed by atoms with Gasteiger partial charge in [0, 0.05) is 16.4 Å². The van der Waals surface area contributed by atoms with Crippen LogP contribution < -0.4 is 15.4 Å². The van der Waals surface area contributed by atoms with Crippen LogP contribution in [0.25, 0.3) is 0 Å². The first-order valence-corrected chi connectivity index (χ1v) is 7.48. The largest absolute Gasteiger partial charge is 0.494 e. The number of aryl methyl sites for hydroxylation is 1. The highest BCUT2D eigenvalue weighted by Crippen LogP contribution is 2.20. The third kappa shape index (κ3) is 4.72. The van der Waals surface area contributed by atoms with Crippen molar-refractivity contribution < 1.29 is 14.3 Å². The first-order valence-electron chi connectivity index (χ1n) is 7.11. The van der Waals surface area contributed by atoms with Gasteiger partial charge in [-0.25, -0.2) is 0 Å². The summed E-state index contributed by atoms with van der Waals surface area (Å²) in [6, 6.07) is 11.9. The van der Waals surface area contributed by atoms with E-state index < -0.39 is 11.8 Å². The molecule has 0 fully saturated rings. The van der Waals surface area contributed by atoms with E-state index in [9.17, 15) is 9.59 Å². The number of hydrogen-bond acceptors (Lipinski definition) is 3. The van der Waals surface area contributed by atoms with Crippen molar-refractivity contribution in [3.63, 3.8) is 0 Å². The molecular formula is C17H17ClN2O3. The third-order valence-corrected chi connectivity index (χ3v) is 3.31. The van der Waals surface area contributed by atoms with Gasteiger partial charge in [-0.2, -0.15) is 0 Å². The average Bonchev–Trinajstić information content (AvgIpc) is 2.53. The predicted molar refractivity (Wildman–Crippen MR) is 91.1 cm³/mol. The normalized spacial score (nSPS) is 10.0. The number of halogens is 1. The Labute approximate surface area is 139 Å². The van der Waals surface area contributed by atoms with Crippen LogP contribution in [-0.4, -0.2) is 18.4 Å². The van der Waals surface area contributed by atoms with Gasteiger partial charge < -0.3 is 15.4 Å². The molecule has 120 valence electrons. The van der Waals surface area contributed by atoms with Gasteiger partial charge in [0.05, 0.1) is 6.61 Å². The Morgan fingerprint density at radius 1 is 1.04 bits per heavy atom. The van der Waals surface area contributed by atoms with E-state index in [1.54, 1.807) is 42.5 Å². The van der Waals surface area contributed by atoms with E-state index in [2.05, 4.69) is 10.6 Å². The molecule has 0 radical (unpaired) electrons. The quantitative estimate of drug-likeness (QED) is 0.840. The van der Waals surface area contributed by atoms with E-state index >= 15 is 0 Å². The van der Waals surface area contributed by atoms with Crippen LogP contribution in [0.4, 0.5) is 11.4 Å². The lowest BCUT2D eigenvalue weighted by atomic mass is 10.2. The first kappa shape index (κ1) is 16.8. The average molecular weight is 333 g/mol. The zero-order valence-corrected chi connectivity index (χ0v) is 13.6. The SMILES string of the molecule is CCOc1ccc(NC(=O)C(=O)Nc2cc(Cl)ccc2C)cc1. The molecule has 0 saturated carbocycles. The Kier molecular flexibility index (Phi) is 5.60. The second kappa shape index (κ2) is 7.65. The van der Waals surface area contributed by atoms with Gasteiger partial charge in [-0.05, 0) is 55.8 Å². The van der Waals surface area contributed by atoms with E-state index in [1.807, 2.05) is 13.8 Å². The lowest BCUT2D eigenvalue weighted by Crippen LogP contribution is -2.29. The van der Waals surface area contributed by atoms with Crippen molar-refractivity contribution in [3.8, 4) is 5.75 Å².